The zero-order valence-electron chi connectivity index (χ0n) is 13.5. The molecule has 0 radical (unpaired) electrons. The first-order chi connectivity index (χ1) is 8.95. The highest BCUT2D eigenvalue weighted by molar-refractivity contribution is 5.03. The van der Waals surface area contributed by atoms with Gasteiger partial charge in [0.25, 0.3) is 0 Å². The van der Waals surface area contributed by atoms with Gasteiger partial charge in [-0.05, 0) is 37.0 Å². The Labute approximate surface area is 120 Å². The van der Waals surface area contributed by atoms with E-state index in [1.165, 1.54) is 32.1 Å². The van der Waals surface area contributed by atoms with Crippen LogP contribution in [0.25, 0.3) is 0 Å². The van der Waals surface area contributed by atoms with Gasteiger partial charge in [-0.15, -0.1) is 6.58 Å². The molecule has 112 valence electrons. The van der Waals surface area contributed by atoms with Crippen LogP contribution in [-0.2, 0) is 0 Å². The van der Waals surface area contributed by atoms with E-state index in [0.717, 1.165) is 12.8 Å². The summed E-state index contributed by atoms with van der Waals surface area (Å²) in [6.45, 7) is 13.1. The lowest BCUT2D eigenvalue weighted by Crippen LogP contribution is -2.50. The molecule has 1 fully saturated rings. The molecule has 1 heteroatoms. The molecular formula is C18H34O. The van der Waals surface area contributed by atoms with Crippen molar-refractivity contribution in [2.75, 3.05) is 0 Å². The molecule has 0 spiro atoms. The first-order valence-electron chi connectivity index (χ1n) is 8.30. The summed E-state index contributed by atoms with van der Waals surface area (Å²) < 4.78 is 0. The topological polar surface area (TPSA) is 20.2 Å². The number of aliphatic hydroxyl groups is 1. The van der Waals surface area contributed by atoms with Crippen molar-refractivity contribution in [1.82, 2.24) is 0 Å². The molecule has 0 bridgehead atoms. The van der Waals surface area contributed by atoms with Gasteiger partial charge >= 0.3 is 0 Å². The summed E-state index contributed by atoms with van der Waals surface area (Å²) in [5.74, 6) is 1.92. The summed E-state index contributed by atoms with van der Waals surface area (Å²) in [6.07, 6.45) is 10.3. The van der Waals surface area contributed by atoms with Crippen molar-refractivity contribution in [3.63, 3.8) is 0 Å². The van der Waals surface area contributed by atoms with Crippen molar-refractivity contribution >= 4 is 0 Å². The first-order valence-corrected chi connectivity index (χ1v) is 8.30. The fourth-order valence-electron chi connectivity index (χ4n) is 4.05. The van der Waals surface area contributed by atoms with E-state index in [-0.39, 0.29) is 5.92 Å². The van der Waals surface area contributed by atoms with Crippen LogP contribution in [0.3, 0.4) is 0 Å². The van der Waals surface area contributed by atoms with E-state index >= 15 is 0 Å². The lowest BCUT2D eigenvalue weighted by molar-refractivity contribution is -0.111. The molecule has 0 aromatic rings. The predicted molar refractivity (Wildman–Crippen MR) is 84.1 cm³/mol. The van der Waals surface area contributed by atoms with Gasteiger partial charge < -0.3 is 5.11 Å². The van der Waals surface area contributed by atoms with E-state index in [9.17, 15) is 5.11 Å². The molecule has 0 aromatic carbocycles. The maximum Gasteiger partial charge on any atom is 0.0742 e. The van der Waals surface area contributed by atoms with Crippen LogP contribution in [0.15, 0.2) is 12.7 Å². The SMILES string of the molecule is C=C[C@@H](CCCCC)[C@@]1(O)C[C@H](C)CC[C@@H]1C(C)C. The van der Waals surface area contributed by atoms with Crippen molar-refractivity contribution in [2.24, 2.45) is 23.7 Å². The fourth-order valence-corrected chi connectivity index (χ4v) is 4.05. The average molecular weight is 266 g/mol. The van der Waals surface area contributed by atoms with Gasteiger partial charge in [0, 0.05) is 5.92 Å². The Hall–Kier alpha value is -0.300. The molecule has 0 aromatic heterocycles. The molecule has 0 heterocycles. The molecular weight excluding hydrogens is 232 g/mol. The Morgan fingerprint density at radius 2 is 2.00 bits per heavy atom. The van der Waals surface area contributed by atoms with E-state index in [1.807, 2.05) is 6.08 Å². The van der Waals surface area contributed by atoms with Gasteiger partial charge in [0.05, 0.1) is 5.60 Å². The van der Waals surface area contributed by atoms with Crippen LogP contribution in [0.4, 0.5) is 0 Å². The van der Waals surface area contributed by atoms with Crippen LogP contribution in [-0.4, -0.2) is 10.7 Å². The number of rotatable bonds is 7. The van der Waals surface area contributed by atoms with E-state index in [2.05, 4.69) is 34.3 Å². The monoisotopic (exact) mass is 266 g/mol. The van der Waals surface area contributed by atoms with Crippen molar-refractivity contribution in [1.29, 1.82) is 0 Å². The van der Waals surface area contributed by atoms with Crippen LogP contribution >= 0.6 is 0 Å². The summed E-state index contributed by atoms with van der Waals surface area (Å²) in [6, 6.07) is 0. The van der Waals surface area contributed by atoms with Crippen molar-refractivity contribution < 1.29 is 5.11 Å². The summed E-state index contributed by atoms with van der Waals surface area (Å²) in [5, 5.41) is 11.4. The van der Waals surface area contributed by atoms with Gasteiger partial charge in [-0.25, -0.2) is 0 Å². The van der Waals surface area contributed by atoms with Gasteiger partial charge in [0.1, 0.15) is 0 Å². The smallest absolute Gasteiger partial charge is 0.0742 e. The van der Waals surface area contributed by atoms with E-state index in [4.69, 9.17) is 0 Å². The summed E-state index contributed by atoms with van der Waals surface area (Å²) in [7, 11) is 0. The van der Waals surface area contributed by atoms with Crippen LogP contribution in [0.1, 0.15) is 72.6 Å². The maximum absolute atomic E-state index is 11.4. The third kappa shape index (κ3) is 4.08. The summed E-state index contributed by atoms with van der Waals surface area (Å²) in [4.78, 5) is 0. The highest BCUT2D eigenvalue weighted by Gasteiger charge is 2.46. The van der Waals surface area contributed by atoms with E-state index in [0.29, 0.717) is 17.8 Å². The molecule has 0 amide bonds. The number of hydrogen-bond acceptors (Lipinski definition) is 1. The second kappa shape index (κ2) is 7.47. The van der Waals surface area contributed by atoms with Gasteiger partial charge in [-0.2, -0.15) is 0 Å². The summed E-state index contributed by atoms with van der Waals surface area (Å²) >= 11 is 0. The first kappa shape index (κ1) is 16.8. The fraction of sp³-hybridized carbons (Fsp3) is 0.889. The molecule has 1 N–H and O–H groups in total. The molecule has 1 saturated carbocycles. The third-order valence-corrected chi connectivity index (χ3v) is 5.14. The molecule has 0 aliphatic heterocycles. The molecule has 0 unspecified atom stereocenters. The van der Waals surface area contributed by atoms with Crippen molar-refractivity contribution in [3.05, 3.63) is 12.7 Å². The second-order valence-corrected chi connectivity index (χ2v) is 7.07. The Bertz CT molecular complexity index is 271. The highest BCUT2D eigenvalue weighted by atomic mass is 16.3. The van der Waals surface area contributed by atoms with Gasteiger partial charge in [-0.1, -0.05) is 59.5 Å². The van der Waals surface area contributed by atoms with Gasteiger partial charge in [0.15, 0.2) is 0 Å². The van der Waals surface area contributed by atoms with Crippen LogP contribution < -0.4 is 0 Å². The van der Waals surface area contributed by atoms with Crippen molar-refractivity contribution in [2.45, 2.75) is 78.2 Å². The Morgan fingerprint density at radius 3 is 2.53 bits per heavy atom. The molecule has 1 aliphatic carbocycles. The largest absolute Gasteiger partial charge is 0.389 e. The normalized spacial score (nSPS) is 33.4. The second-order valence-electron chi connectivity index (χ2n) is 7.07. The highest BCUT2D eigenvalue weighted by Crippen LogP contribution is 2.46. The quantitative estimate of drug-likeness (QED) is 0.496. The standard InChI is InChI=1S/C18H34O/c1-6-8-9-10-16(7-2)18(19)13-15(5)11-12-17(18)14(3)4/h7,14-17,19H,2,6,8-13H2,1,3-5H3/t15-,16+,17-,18+/m1/s1. The molecule has 1 nitrogen and oxygen atoms in total. The van der Waals surface area contributed by atoms with Crippen LogP contribution in [0.2, 0.25) is 0 Å². The maximum atomic E-state index is 11.4. The van der Waals surface area contributed by atoms with Gasteiger partial charge in [0.2, 0.25) is 0 Å². The predicted octanol–water partition coefficient (Wildman–Crippen LogP) is 5.19. The van der Waals surface area contributed by atoms with E-state index < -0.39 is 5.60 Å². The summed E-state index contributed by atoms with van der Waals surface area (Å²) in [5.41, 5.74) is -0.513. The Balaban J connectivity index is 2.82. The lowest BCUT2D eigenvalue weighted by atomic mass is 9.61. The average Bonchev–Trinajstić information content (AvgIpc) is 2.33. The zero-order valence-corrected chi connectivity index (χ0v) is 13.5. The van der Waals surface area contributed by atoms with E-state index in [1.54, 1.807) is 0 Å². The Morgan fingerprint density at radius 1 is 1.32 bits per heavy atom. The van der Waals surface area contributed by atoms with Crippen molar-refractivity contribution in [3.8, 4) is 0 Å². The molecule has 1 aliphatic rings. The Kier molecular flexibility index (Phi) is 6.59. The lowest BCUT2D eigenvalue weighted by Gasteiger charge is -2.48. The van der Waals surface area contributed by atoms with Crippen LogP contribution in [0.5, 0.6) is 0 Å². The number of hydrogen-bond donors (Lipinski definition) is 1. The molecule has 19 heavy (non-hydrogen) atoms. The minimum Gasteiger partial charge on any atom is -0.389 e. The van der Waals surface area contributed by atoms with Crippen LogP contribution in [0, 0.1) is 23.7 Å². The molecule has 1 rings (SSSR count). The minimum absolute atomic E-state index is 0.272. The third-order valence-electron chi connectivity index (χ3n) is 5.14. The molecule has 4 atom stereocenters. The number of unbranched alkanes of at least 4 members (excludes halogenated alkanes) is 2. The minimum atomic E-state index is -0.513. The zero-order chi connectivity index (χ0) is 14.5. The molecule has 0 saturated heterocycles. The van der Waals surface area contributed by atoms with Gasteiger partial charge in [-0.3, -0.25) is 0 Å².